The van der Waals surface area contributed by atoms with Gasteiger partial charge < -0.3 is 15.8 Å². The van der Waals surface area contributed by atoms with Crippen LogP contribution in [0.25, 0.3) is 21.7 Å². The van der Waals surface area contributed by atoms with Gasteiger partial charge in [-0.2, -0.15) is 0 Å². The highest BCUT2D eigenvalue weighted by Gasteiger charge is 2.15. The summed E-state index contributed by atoms with van der Waals surface area (Å²) >= 11 is 0. The van der Waals surface area contributed by atoms with E-state index >= 15 is 0 Å². The standard InChI is InChI=1S/C26H18N4O3/c27-25(31)17-6-3-7-19(13-17)33-23-11-10-18(15-29-23)30-26(32)22-14-16-5-1-2-8-20(16)21-9-4-12-28-24(21)22/h1-15H,(H2,27,31)(H,30,32). The van der Waals surface area contributed by atoms with Crippen molar-refractivity contribution in [1.82, 2.24) is 9.97 Å². The Morgan fingerprint density at radius 2 is 1.70 bits per heavy atom. The summed E-state index contributed by atoms with van der Waals surface area (Å²) in [6.07, 6.45) is 3.18. The Bertz CT molecular complexity index is 1510. The monoisotopic (exact) mass is 434 g/mol. The molecule has 0 bridgehead atoms. The largest absolute Gasteiger partial charge is 0.439 e. The Hall–Kier alpha value is -4.78. The molecular formula is C26H18N4O3. The molecule has 0 spiro atoms. The maximum atomic E-state index is 13.1. The molecule has 0 unspecified atom stereocenters. The van der Waals surface area contributed by atoms with Crippen molar-refractivity contribution >= 4 is 39.2 Å². The van der Waals surface area contributed by atoms with Gasteiger partial charge in [0.05, 0.1) is 23.0 Å². The maximum Gasteiger partial charge on any atom is 0.257 e. The predicted molar refractivity (Wildman–Crippen MR) is 126 cm³/mol. The molecule has 5 rings (SSSR count). The molecule has 160 valence electrons. The van der Waals surface area contributed by atoms with Crippen LogP contribution in [0.2, 0.25) is 0 Å². The van der Waals surface area contributed by atoms with Gasteiger partial charge in [-0.25, -0.2) is 4.98 Å². The molecule has 0 saturated carbocycles. The average molecular weight is 434 g/mol. The van der Waals surface area contributed by atoms with E-state index in [-0.39, 0.29) is 5.91 Å². The Morgan fingerprint density at radius 3 is 2.52 bits per heavy atom. The van der Waals surface area contributed by atoms with Crippen molar-refractivity contribution in [2.75, 3.05) is 5.32 Å². The Labute approximate surface area is 188 Å². The number of primary amides is 1. The van der Waals surface area contributed by atoms with Crippen molar-refractivity contribution < 1.29 is 14.3 Å². The molecule has 0 atom stereocenters. The van der Waals surface area contributed by atoms with Gasteiger partial charge in [0.15, 0.2) is 0 Å². The summed E-state index contributed by atoms with van der Waals surface area (Å²) < 4.78 is 5.68. The van der Waals surface area contributed by atoms with E-state index in [4.69, 9.17) is 10.5 Å². The minimum Gasteiger partial charge on any atom is -0.439 e. The van der Waals surface area contributed by atoms with Crippen molar-refractivity contribution in [3.63, 3.8) is 0 Å². The van der Waals surface area contributed by atoms with Gasteiger partial charge in [-0.3, -0.25) is 14.6 Å². The number of carbonyl (C=O) groups is 2. The molecule has 2 amide bonds. The topological polar surface area (TPSA) is 107 Å². The lowest BCUT2D eigenvalue weighted by molar-refractivity contribution is 0.0997. The second-order valence-electron chi connectivity index (χ2n) is 7.38. The van der Waals surface area contributed by atoms with Gasteiger partial charge in [0.25, 0.3) is 5.91 Å². The van der Waals surface area contributed by atoms with E-state index in [1.165, 1.54) is 12.3 Å². The lowest BCUT2D eigenvalue weighted by atomic mass is 10.0. The highest BCUT2D eigenvalue weighted by atomic mass is 16.5. The van der Waals surface area contributed by atoms with Crippen molar-refractivity contribution in [3.8, 4) is 11.6 Å². The van der Waals surface area contributed by atoms with E-state index in [2.05, 4.69) is 15.3 Å². The van der Waals surface area contributed by atoms with Crippen LogP contribution in [0.4, 0.5) is 5.69 Å². The average Bonchev–Trinajstić information content (AvgIpc) is 2.85. The van der Waals surface area contributed by atoms with Crippen LogP contribution in [0.1, 0.15) is 20.7 Å². The summed E-state index contributed by atoms with van der Waals surface area (Å²) in [5.74, 6) is -0.0759. The molecule has 7 nitrogen and oxygen atoms in total. The van der Waals surface area contributed by atoms with Crippen molar-refractivity contribution in [2.24, 2.45) is 5.73 Å². The molecule has 0 saturated heterocycles. The molecule has 0 aliphatic carbocycles. The van der Waals surface area contributed by atoms with E-state index in [0.29, 0.717) is 34.0 Å². The Balaban J connectivity index is 1.39. The summed E-state index contributed by atoms with van der Waals surface area (Å²) in [6, 6.07) is 23.4. The van der Waals surface area contributed by atoms with E-state index < -0.39 is 5.91 Å². The normalized spacial score (nSPS) is 10.8. The van der Waals surface area contributed by atoms with E-state index in [1.54, 1.807) is 36.5 Å². The van der Waals surface area contributed by atoms with E-state index in [1.807, 2.05) is 42.5 Å². The molecule has 2 aromatic heterocycles. The molecular weight excluding hydrogens is 416 g/mol. The van der Waals surface area contributed by atoms with Crippen LogP contribution in [-0.4, -0.2) is 21.8 Å². The number of anilines is 1. The molecule has 0 aliphatic heterocycles. The third-order valence-corrected chi connectivity index (χ3v) is 5.19. The number of nitrogens with one attached hydrogen (secondary N) is 1. The SMILES string of the molecule is NC(=O)c1cccc(Oc2ccc(NC(=O)c3cc4ccccc4c4cccnc34)cn2)c1. The zero-order chi connectivity index (χ0) is 22.8. The summed E-state index contributed by atoms with van der Waals surface area (Å²) in [6.45, 7) is 0. The number of aromatic nitrogens is 2. The molecule has 2 heterocycles. The highest BCUT2D eigenvalue weighted by molar-refractivity contribution is 6.18. The first-order valence-electron chi connectivity index (χ1n) is 10.2. The highest BCUT2D eigenvalue weighted by Crippen LogP contribution is 2.28. The maximum absolute atomic E-state index is 13.1. The van der Waals surface area contributed by atoms with Gasteiger partial charge in [0, 0.05) is 23.2 Å². The summed E-state index contributed by atoms with van der Waals surface area (Å²) in [7, 11) is 0. The van der Waals surface area contributed by atoms with Gasteiger partial charge >= 0.3 is 0 Å². The van der Waals surface area contributed by atoms with Crippen LogP contribution in [0.5, 0.6) is 11.6 Å². The third-order valence-electron chi connectivity index (χ3n) is 5.19. The quantitative estimate of drug-likeness (QED) is 0.382. The first kappa shape index (κ1) is 20.1. The molecule has 0 fully saturated rings. The number of carbonyl (C=O) groups excluding carboxylic acids is 2. The molecule has 33 heavy (non-hydrogen) atoms. The number of hydrogen-bond donors (Lipinski definition) is 2. The zero-order valence-electron chi connectivity index (χ0n) is 17.4. The summed E-state index contributed by atoms with van der Waals surface area (Å²) in [5.41, 5.74) is 7.27. The number of benzene rings is 3. The van der Waals surface area contributed by atoms with Crippen LogP contribution in [0, 0.1) is 0 Å². The van der Waals surface area contributed by atoms with Gasteiger partial charge in [-0.15, -0.1) is 0 Å². The number of pyridine rings is 2. The number of amides is 2. The Morgan fingerprint density at radius 1 is 0.848 bits per heavy atom. The molecule has 7 heteroatoms. The van der Waals surface area contributed by atoms with Crippen LogP contribution in [-0.2, 0) is 0 Å². The van der Waals surface area contributed by atoms with Gasteiger partial charge in [0.2, 0.25) is 11.8 Å². The fourth-order valence-electron chi connectivity index (χ4n) is 3.65. The van der Waals surface area contributed by atoms with Crippen LogP contribution < -0.4 is 15.8 Å². The molecule has 3 aromatic carbocycles. The van der Waals surface area contributed by atoms with Crippen molar-refractivity contribution in [2.45, 2.75) is 0 Å². The van der Waals surface area contributed by atoms with Crippen molar-refractivity contribution in [3.05, 3.63) is 102 Å². The van der Waals surface area contributed by atoms with E-state index in [9.17, 15) is 9.59 Å². The number of nitrogens with zero attached hydrogens (tertiary/aromatic N) is 2. The number of nitrogens with two attached hydrogens (primary N) is 1. The van der Waals surface area contributed by atoms with Gasteiger partial charge in [-0.05, 0) is 47.2 Å². The Kier molecular flexibility index (Phi) is 5.12. The van der Waals surface area contributed by atoms with Gasteiger partial charge in [0.1, 0.15) is 5.75 Å². The lowest BCUT2D eigenvalue weighted by Crippen LogP contribution is -2.13. The summed E-state index contributed by atoms with van der Waals surface area (Å²) in [5, 5.41) is 5.79. The number of rotatable bonds is 5. The molecule has 3 N–H and O–H groups in total. The number of ether oxygens (including phenoxy) is 1. The molecule has 0 radical (unpaired) electrons. The number of fused-ring (bicyclic) bond motifs is 3. The minimum absolute atomic E-state index is 0.283. The molecule has 5 aromatic rings. The van der Waals surface area contributed by atoms with Crippen LogP contribution in [0.15, 0.2) is 91.3 Å². The first-order chi connectivity index (χ1) is 16.1. The fourth-order valence-corrected chi connectivity index (χ4v) is 3.65. The minimum atomic E-state index is -0.540. The van der Waals surface area contributed by atoms with Gasteiger partial charge in [-0.1, -0.05) is 36.4 Å². The summed E-state index contributed by atoms with van der Waals surface area (Å²) in [4.78, 5) is 33.1. The lowest BCUT2D eigenvalue weighted by Gasteiger charge is -2.11. The second kappa shape index (κ2) is 8.39. The predicted octanol–water partition coefficient (Wildman–Crippen LogP) is 4.93. The number of hydrogen-bond acceptors (Lipinski definition) is 5. The van der Waals surface area contributed by atoms with Crippen molar-refractivity contribution in [1.29, 1.82) is 0 Å². The smallest absolute Gasteiger partial charge is 0.257 e. The van der Waals surface area contributed by atoms with Crippen LogP contribution in [0.3, 0.4) is 0 Å². The fraction of sp³-hybridized carbons (Fsp3) is 0. The van der Waals surface area contributed by atoms with Crippen LogP contribution >= 0.6 is 0 Å². The zero-order valence-corrected chi connectivity index (χ0v) is 17.4. The third kappa shape index (κ3) is 4.07. The molecule has 0 aliphatic rings. The van der Waals surface area contributed by atoms with E-state index in [0.717, 1.165) is 16.2 Å². The first-order valence-corrected chi connectivity index (χ1v) is 10.2. The second-order valence-corrected chi connectivity index (χ2v) is 7.38.